The monoisotopic (exact) mass is 430 g/mol. The lowest BCUT2D eigenvalue weighted by Gasteiger charge is -2.11. The molecule has 3 aromatic rings. The number of fused-ring (bicyclic) bond motifs is 1. The highest BCUT2D eigenvalue weighted by atomic mass is 79.9. The number of hydrogen-bond acceptors (Lipinski definition) is 2. The molecule has 0 unspecified atom stereocenters. The number of rotatable bonds is 3. The third-order valence-electron chi connectivity index (χ3n) is 3.35. The van der Waals surface area contributed by atoms with E-state index in [1.165, 1.54) is 0 Å². The summed E-state index contributed by atoms with van der Waals surface area (Å²) in [5.41, 5.74) is 3.81. The van der Waals surface area contributed by atoms with Crippen molar-refractivity contribution in [2.75, 3.05) is 0 Å². The van der Waals surface area contributed by atoms with E-state index in [0.717, 1.165) is 43.9 Å². The van der Waals surface area contributed by atoms with Crippen molar-refractivity contribution in [3.8, 4) is 5.69 Å². The number of nitrogens with zero attached hydrogens (tertiary/aromatic N) is 4. The quantitative estimate of drug-likeness (QED) is 0.557. The highest BCUT2D eigenvalue weighted by Crippen LogP contribution is 2.31. The van der Waals surface area contributed by atoms with E-state index < -0.39 is 0 Å². The summed E-state index contributed by atoms with van der Waals surface area (Å²) in [5.74, 6) is 1.16. The normalized spacial score (nSPS) is 11.5. The maximum absolute atomic E-state index is 6.10. The average Bonchev–Trinajstić information content (AvgIpc) is 2.97. The zero-order valence-electron chi connectivity index (χ0n) is 11.6. The second-order valence-electron chi connectivity index (χ2n) is 4.67. The van der Waals surface area contributed by atoms with Gasteiger partial charge in [-0.1, -0.05) is 15.9 Å². The van der Waals surface area contributed by atoms with E-state index in [9.17, 15) is 0 Å². The molecule has 0 N–H and O–H groups in total. The number of imidazole rings is 1. The van der Waals surface area contributed by atoms with Crippen molar-refractivity contribution in [2.45, 2.75) is 26.3 Å². The maximum Gasteiger partial charge on any atom is 0.163 e. The highest BCUT2D eigenvalue weighted by Gasteiger charge is 2.20. The number of aromatic nitrogens is 4. The minimum absolute atomic E-state index is 0.348. The fraction of sp³-hybridized carbons (Fsp3) is 0.286. The van der Waals surface area contributed by atoms with Crippen LogP contribution in [0.25, 0.3) is 16.9 Å². The predicted molar refractivity (Wildman–Crippen MR) is 92.2 cm³/mol. The first kappa shape index (κ1) is 15.1. The first-order valence-corrected chi connectivity index (χ1v) is 8.65. The molecule has 110 valence electrons. The predicted octanol–water partition coefficient (Wildman–Crippen LogP) is 4.81. The summed E-state index contributed by atoms with van der Waals surface area (Å²) in [6.07, 6.45) is 0. The molecule has 7 heteroatoms. The van der Waals surface area contributed by atoms with Crippen LogP contribution >= 0.6 is 43.5 Å². The van der Waals surface area contributed by atoms with Gasteiger partial charge in [0, 0.05) is 15.5 Å². The van der Waals surface area contributed by atoms with Gasteiger partial charge >= 0.3 is 0 Å². The molecule has 4 nitrogen and oxygen atoms in total. The molecule has 0 amide bonds. The Bertz CT molecular complexity index is 822. The van der Waals surface area contributed by atoms with Gasteiger partial charge in [0.15, 0.2) is 5.65 Å². The fourth-order valence-electron chi connectivity index (χ4n) is 2.44. The van der Waals surface area contributed by atoms with Gasteiger partial charge in [-0.05, 0) is 48.0 Å². The Morgan fingerprint density at radius 1 is 1.29 bits per heavy atom. The summed E-state index contributed by atoms with van der Waals surface area (Å²) in [7, 11) is 0. The van der Waals surface area contributed by atoms with Crippen LogP contribution in [-0.4, -0.2) is 19.3 Å². The van der Waals surface area contributed by atoms with Crippen LogP contribution in [0.1, 0.15) is 18.4 Å². The molecule has 1 aromatic carbocycles. The molecular formula is C14H13Br2ClN4. The summed E-state index contributed by atoms with van der Waals surface area (Å²) in [6, 6.07) is 6.05. The van der Waals surface area contributed by atoms with E-state index in [1.807, 2.05) is 29.8 Å². The van der Waals surface area contributed by atoms with E-state index >= 15 is 0 Å². The Labute approximate surface area is 144 Å². The molecule has 0 saturated carbocycles. The number of alkyl halides is 1. The Morgan fingerprint density at radius 3 is 2.67 bits per heavy atom. The summed E-state index contributed by atoms with van der Waals surface area (Å²) < 4.78 is 6.02. The Morgan fingerprint density at radius 2 is 2.05 bits per heavy atom. The van der Waals surface area contributed by atoms with Gasteiger partial charge < -0.3 is 0 Å². The van der Waals surface area contributed by atoms with Crippen molar-refractivity contribution in [1.29, 1.82) is 0 Å². The Balaban J connectivity index is 2.39. The van der Waals surface area contributed by atoms with Crippen LogP contribution in [-0.2, 0) is 12.4 Å². The van der Waals surface area contributed by atoms with Crippen LogP contribution in [0, 0.1) is 6.92 Å². The Hall–Kier alpha value is -0.850. The molecule has 21 heavy (non-hydrogen) atoms. The van der Waals surface area contributed by atoms with Gasteiger partial charge in [-0.3, -0.25) is 4.57 Å². The van der Waals surface area contributed by atoms with Gasteiger partial charge in [0.25, 0.3) is 0 Å². The second-order valence-corrected chi connectivity index (χ2v) is 6.70. The lowest BCUT2D eigenvalue weighted by molar-refractivity contribution is 0.660. The van der Waals surface area contributed by atoms with Crippen LogP contribution in [0.3, 0.4) is 0 Å². The Kier molecular flexibility index (Phi) is 4.12. The SMILES string of the molecule is CCn1nc(C)c2nc(CCl)n(-c3ccc(Br)cc3Br)c21. The van der Waals surface area contributed by atoms with E-state index in [0.29, 0.717) is 5.88 Å². The largest absolute Gasteiger partial charge is 0.279 e. The third kappa shape index (κ3) is 2.43. The smallest absolute Gasteiger partial charge is 0.163 e. The van der Waals surface area contributed by atoms with Crippen molar-refractivity contribution < 1.29 is 0 Å². The molecule has 2 heterocycles. The minimum Gasteiger partial charge on any atom is -0.279 e. The molecule has 2 aromatic heterocycles. The summed E-state index contributed by atoms with van der Waals surface area (Å²) in [5, 5.41) is 4.54. The van der Waals surface area contributed by atoms with Crippen molar-refractivity contribution in [1.82, 2.24) is 19.3 Å². The molecule has 0 spiro atoms. The van der Waals surface area contributed by atoms with Gasteiger partial charge in [0.2, 0.25) is 0 Å². The van der Waals surface area contributed by atoms with Crippen molar-refractivity contribution in [3.05, 3.63) is 38.7 Å². The second kappa shape index (κ2) is 5.74. The molecule has 0 atom stereocenters. The highest BCUT2D eigenvalue weighted by molar-refractivity contribution is 9.11. The van der Waals surface area contributed by atoms with Gasteiger partial charge in [-0.15, -0.1) is 11.6 Å². The molecule has 0 aliphatic heterocycles. The summed E-state index contributed by atoms with van der Waals surface area (Å²) in [6.45, 7) is 4.83. The van der Waals surface area contributed by atoms with Crippen LogP contribution in [0.5, 0.6) is 0 Å². The fourth-order valence-corrected chi connectivity index (χ4v) is 3.84. The average molecular weight is 433 g/mol. The lowest BCUT2D eigenvalue weighted by Crippen LogP contribution is -2.06. The topological polar surface area (TPSA) is 35.6 Å². The van der Waals surface area contributed by atoms with Crippen LogP contribution < -0.4 is 0 Å². The van der Waals surface area contributed by atoms with Crippen LogP contribution in [0.2, 0.25) is 0 Å². The van der Waals surface area contributed by atoms with Crippen molar-refractivity contribution >= 4 is 54.6 Å². The summed E-state index contributed by atoms with van der Waals surface area (Å²) in [4.78, 5) is 4.65. The van der Waals surface area contributed by atoms with Gasteiger partial charge in [-0.25, -0.2) is 9.67 Å². The van der Waals surface area contributed by atoms with Gasteiger partial charge in [0.05, 0.1) is 17.3 Å². The van der Waals surface area contributed by atoms with Crippen molar-refractivity contribution in [2.24, 2.45) is 0 Å². The van der Waals surface area contributed by atoms with Crippen LogP contribution in [0.4, 0.5) is 0 Å². The molecule has 0 aliphatic rings. The molecular weight excluding hydrogens is 419 g/mol. The number of benzene rings is 1. The van der Waals surface area contributed by atoms with Crippen molar-refractivity contribution in [3.63, 3.8) is 0 Å². The number of hydrogen-bond donors (Lipinski definition) is 0. The lowest BCUT2D eigenvalue weighted by atomic mass is 10.3. The van der Waals surface area contributed by atoms with Gasteiger partial charge in [0.1, 0.15) is 11.3 Å². The first-order chi connectivity index (χ1) is 10.1. The van der Waals surface area contributed by atoms with Crippen LogP contribution in [0.15, 0.2) is 27.1 Å². The third-order valence-corrected chi connectivity index (χ3v) is 4.72. The maximum atomic E-state index is 6.10. The molecule has 0 bridgehead atoms. The molecule has 0 fully saturated rings. The standard InChI is InChI=1S/C14H13Br2ClN4/c1-3-20-14-13(8(2)19-20)18-12(7-17)21(14)11-5-4-9(15)6-10(11)16/h4-6H,3,7H2,1-2H3. The summed E-state index contributed by atoms with van der Waals surface area (Å²) >= 11 is 13.2. The first-order valence-electron chi connectivity index (χ1n) is 6.53. The minimum atomic E-state index is 0.348. The van der Waals surface area contributed by atoms with E-state index in [1.54, 1.807) is 0 Å². The molecule has 0 radical (unpaired) electrons. The zero-order valence-corrected chi connectivity index (χ0v) is 15.5. The molecule has 3 rings (SSSR count). The molecule has 0 saturated heterocycles. The number of aryl methyl sites for hydroxylation is 2. The van der Waals surface area contributed by atoms with E-state index in [4.69, 9.17) is 11.6 Å². The van der Waals surface area contributed by atoms with E-state index in [2.05, 4.69) is 53.4 Å². The van der Waals surface area contributed by atoms with Gasteiger partial charge in [-0.2, -0.15) is 5.10 Å². The van der Waals surface area contributed by atoms with E-state index in [-0.39, 0.29) is 0 Å². The number of halogens is 3. The molecule has 0 aliphatic carbocycles. The zero-order chi connectivity index (χ0) is 15.1.